The Bertz CT molecular complexity index is 354. The molecular weight excluding hydrogens is 293 g/mol. The van der Waals surface area contributed by atoms with Gasteiger partial charge in [0.25, 0.3) is 0 Å². The maximum atomic E-state index is 13.6. The van der Waals surface area contributed by atoms with E-state index in [2.05, 4.69) is 35.1 Å². The second-order valence-electron chi connectivity index (χ2n) is 4.87. The van der Waals surface area contributed by atoms with Crippen LogP contribution < -0.4 is 5.32 Å². The predicted octanol–water partition coefficient (Wildman–Crippen LogP) is 5.75. The summed E-state index contributed by atoms with van der Waals surface area (Å²) in [4.78, 5) is 0. The molecule has 0 radical (unpaired) electrons. The first-order chi connectivity index (χ1) is 8.63. The van der Waals surface area contributed by atoms with Crippen molar-refractivity contribution in [3.8, 4) is 0 Å². The fourth-order valence-electron chi connectivity index (χ4n) is 2.00. The molecule has 0 aliphatic rings. The van der Waals surface area contributed by atoms with E-state index in [-0.39, 0.29) is 5.82 Å². The lowest BCUT2D eigenvalue weighted by Crippen LogP contribution is -2.15. The molecule has 0 bridgehead atoms. The minimum Gasteiger partial charge on any atom is -0.380 e. The number of halogens is 2. The molecule has 1 aromatic rings. The summed E-state index contributed by atoms with van der Waals surface area (Å²) in [5, 5.41) is 3.23. The highest BCUT2D eigenvalue weighted by molar-refractivity contribution is 9.10. The number of hydrogen-bond donors (Lipinski definition) is 1. The first-order valence-corrected chi connectivity index (χ1v) is 7.64. The Morgan fingerprint density at radius 3 is 2.61 bits per heavy atom. The van der Waals surface area contributed by atoms with Crippen LogP contribution in [0.15, 0.2) is 22.7 Å². The molecule has 1 N–H and O–H groups in total. The summed E-state index contributed by atoms with van der Waals surface area (Å²) in [6.07, 6.45) is 7.51. The highest BCUT2D eigenvalue weighted by Gasteiger charge is 2.06. The first kappa shape index (κ1) is 15.5. The minimum absolute atomic E-state index is 0.192. The van der Waals surface area contributed by atoms with E-state index in [0.29, 0.717) is 11.7 Å². The normalized spacial score (nSPS) is 12.4. The molecule has 0 spiro atoms. The molecule has 0 aromatic heterocycles. The topological polar surface area (TPSA) is 12.0 Å². The van der Waals surface area contributed by atoms with E-state index in [0.717, 1.165) is 10.9 Å². The van der Waals surface area contributed by atoms with Crippen LogP contribution in [0.4, 0.5) is 10.1 Å². The maximum absolute atomic E-state index is 13.6. The smallest absolute Gasteiger partial charge is 0.147 e. The molecule has 3 heteroatoms. The Labute approximate surface area is 118 Å². The Kier molecular flexibility index (Phi) is 7.33. The van der Waals surface area contributed by atoms with Crippen molar-refractivity contribution in [1.29, 1.82) is 0 Å². The van der Waals surface area contributed by atoms with Crippen molar-refractivity contribution < 1.29 is 4.39 Å². The largest absolute Gasteiger partial charge is 0.380 e. The first-order valence-electron chi connectivity index (χ1n) is 6.85. The molecule has 0 saturated heterocycles. The van der Waals surface area contributed by atoms with Crippen molar-refractivity contribution in [3.63, 3.8) is 0 Å². The maximum Gasteiger partial charge on any atom is 0.147 e. The Hall–Kier alpha value is -0.570. The van der Waals surface area contributed by atoms with Crippen molar-refractivity contribution >= 4 is 21.6 Å². The summed E-state index contributed by atoms with van der Waals surface area (Å²) < 4.78 is 14.4. The van der Waals surface area contributed by atoms with E-state index >= 15 is 0 Å². The van der Waals surface area contributed by atoms with Gasteiger partial charge >= 0.3 is 0 Å². The van der Waals surface area contributed by atoms with Gasteiger partial charge in [-0.15, -0.1) is 0 Å². The number of hydrogen-bond acceptors (Lipinski definition) is 1. The Morgan fingerprint density at radius 2 is 1.94 bits per heavy atom. The lowest BCUT2D eigenvalue weighted by atomic mass is 10.1. The number of rotatable bonds is 8. The molecule has 1 rings (SSSR count). The summed E-state index contributed by atoms with van der Waals surface area (Å²) in [5.41, 5.74) is 0.597. The third-order valence-electron chi connectivity index (χ3n) is 3.07. The van der Waals surface area contributed by atoms with Gasteiger partial charge in [-0.2, -0.15) is 0 Å². The predicted molar refractivity (Wildman–Crippen MR) is 80.6 cm³/mol. The molecule has 1 atom stereocenters. The summed E-state index contributed by atoms with van der Waals surface area (Å²) in [5.74, 6) is -0.192. The number of nitrogens with one attached hydrogen (secondary N) is 1. The van der Waals surface area contributed by atoms with Crippen LogP contribution in [0.5, 0.6) is 0 Å². The van der Waals surface area contributed by atoms with Crippen molar-refractivity contribution in [2.24, 2.45) is 0 Å². The molecule has 0 fully saturated rings. The van der Waals surface area contributed by atoms with Crippen LogP contribution in [0.2, 0.25) is 0 Å². The van der Waals surface area contributed by atoms with Gasteiger partial charge in [-0.05, 0) is 31.5 Å². The van der Waals surface area contributed by atoms with Crippen LogP contribution in [-0.2, 0) is 0 Å². The third kappa shape index (κ3) is 5.85. The van der Waals surface area contributed by atoms with E-state index in [1.54, 1.807) is 6.07 Å². The standard InChI is InChI=1S/C15H23BrFN/c1-3-4-5-6-7-8-12(2)18-15-10-9-13(16)11-14(15)17/h9-12,18H,3-8H2,1-2H3. The van der Waals surface area contributed by atoms with Gasteiger partial charge in [0.1, 0.15) is 5.82 Å². The molecule has 0 amide bonds. The highest BCUT2D eigenvalue weighted by atomic mass is 79.9. The Morgan fingerprint density at radius 1 is 1.22 bits per heavy atom. The fourth-order valence-corrected chi connectivity index (χ4v) is 2.33. The summed E-state index contributed by atoms with van der Waals surface area (Å²) in [6, 6.07) is 5.46. The van der Waals surface area contributed by atoms with E-state index in [1.165, 1.54) is 38.2 Å². The van der Waals surface area contributed by atoms with E-state index < -0.39 is 0 Å². The number of unbranched alkanes of at least 4 members (excludes halogenated alkanes) is 4. The average molecular weight is 316 g/mol. The van der Waals surface area contributed by atoms with Crippen molar-refractivity contribution in [3.05, 3.63) is 28.5 Å². The van der Waals surface area contributed by atoms with E-state index in [9.17, 15) is 4.39 Å². The third-order valence-corrected chi connectivity index (χ3v) is 3.57. The molecule has 0 aliphatic heterocycles. The fraction of sp³-hybridized carbons (Fsp3) is 0.600. The van der Waals surface area contributed by atoms with Crippen LogP contribution in [-0.4, -0.2) is 6.04 Å². The van der Waals surface area contributed by atoms with Crippen molar-refractivity contribution in [2.75, 3.05) is 5.32 Å². The van der Waals surface area contributed by atoms with Crippen LogP contribution in [0.3, 0.4) is 0 Å². The van der Waals surface area contributed by atoms with Gasteiger partial charge in [-0.3, -0.25) is 0 Å². The van der Waals surface area contributed by atoms with Gasteiger partial charge in [-0.1, -0.05) is 55.0 Å². The van der Waals surface area contributed by atoms with Gasteiger partial charge in [0, 0.05) is 10.5 Å². The molecule has 1 aromatic carbocycles. The molecule has 0 aliphatic carbocycles. The molecule has 1 unspecified atom stereocenters. The van der Waals surface area contributed by atoms with E-state index in [1.807, 2.05) is 6.07 Å². The molecule has 0 heterocycles. The minimum atomic E-state index is -0.192. The van der Waals surface area contributed by atoms with Crippen LogP contribution in [0.1, 0.15) is 52.4 Å². The second-order valence-corrected chi connectivity index (χ2v) is 5.79. The molecule has 18 heavy (non-hydrogen) atoms. The molecule has 0 saturated carbocycles. The monoisotopic (exact) mass is 315 g/mol. The second kappa shape index (κ2) is 8.52. The van der Waals surface area contributed by atoms with Crippen LogP contribution in [0.25, 0.3) is 0 Å². The van der Waals surface area contributed by atoms with E-state index in [4.69, 9.17) is 0 Å². The summed E-state index contributed by atoms with van der Waals surface area (Å²) >= 11 is 3.26. The highest BCUT2D eigenvalue weighted by Crippen LogP contribution is 2.21. The van der Waals surface area contributed by atoms with Crippen molar-refractivity contribution in [1.82, 2.24) is 0 Å². The van der Waals surface area contributed by atoms with Gasteiger partial charge in [0.2, 0.25) is 0 Å². The summed E-state index contributed by atoms with van der Waals surface area (Å²) in [6.45, 7) is 4.34. The Balaban J connectivity index is 2.28. The van der Waals surface area contributed by atoms with Crippen LogP contribution >= 0.6 is 15.9 Å². The zero-order chi connectivity index (χ0) is 13.4. The van der Waals surface area contributed by atoms with Crippen molar-refractivity contribution in [2.45, 2.75) is 58.4 Å². The quantitative estimate of drug-likeness (QED) is 0.602. The van der Waals surface area contributed by atoms with Gasteiger partial charge < -0.3 is 5.32 Å². The average Bonchev–Trinajstić information content (AvgIpc) is 2.32. The van der Waals surface area contributed by atoms with Crippen LogP contribution in [0, 0.1) is 5.82 Å². The lowest BCUT2D eigenvalue weighted by Gasteiger charge is -2.15. The lowest BCUT2D eigenvalue weighted by molar-refractivity contribution is 0.573. The summed E-state index contributed by atoms with van der Waals surface area (Å²) in [7, 11) is 0. The zero-order valence-corrected chi connectivity index (χ0v) is 12.9. The van der Waals surface area contributed by atoms with Gasteiger partial charge in [0.05, 0.1) is 5.69 Å². The molecule has 102 valence electrons. The SMILES string of the molecule is CCCCCCCC(C)Nc1ccc(Br)cc1F. The number of benzene rings is 1. The van der Waals surface area contributed by atoms with Gasteiger partial charge in [-0.25, -0.2) is 4.39 Å². The number of anilines is 1. The zero-order valence-electron chi connectivity index (χ0n) is 11.3. The molecular formula is C15H23BrFN. The molecule has 1 nitrogen and oxygen atoms in total. The van der Waals surface area contributed by atoms with Gasteiger partial charge in [0.15, 0.2) is 0 Å².